The zero-order valence-corrected chi connectivity index (χ0v) is 17.6. The molecule has 4 rings (SSSR count). The van der Waals surface area contributed by atoms with Crippen LogP contribution in [0.4, 0.5) is 16.2 Å². The Kier molecular flexibility index (Phi) is 5.58. The first-order chi connectivity index (χ1) is 14.4. The summed E-state index contributed by atoms with van der Waals surface area (Å²) in [6.45, 7) is 6.48. The van der Waals surface area contributed by atoms with E-state index in [1.54, 1.807) is 0 Å². The van der Waals surface area contributed by atoms with Crippen molar-refractivity contribution < 1.29 is 19.4 Å². The van der Waals surface area contributed by atoms with Crippen molar-refractivity contribution in [3.05, 3.63) is 54.1 Å². The van der Waals surface area contributed by atoms with Crippen molar-refractivity contribution in [3.63, 3.8) is 0 Å². The number of anilines is 2. The van der Waals surface area contributed by atoms with Crippen molar-refractivity contribution in [1.82, 2.24) is 5.32 Å². The SMILES string of the molecule is C[C@H]1Oc2cc(NC(=O)NC(C)(C)CCO)ccc2N(Cc2ccccc2)C2OC21. The van der Waals surface area contributed by atoms with E-state index in [1.165, 1.54) is 5.56 Å². The highest BCUT2D eigenvalue weighted by atomic mass is 16.6. The van der Waals surface area contributed by atoms with Gasteiger partial charge in [-0.15, -0.1) is 0 Å². The first kappa shape index (κ1) is 20.5. The topological polar surface area (TPSA) is 86.4 Å². The number of urea groups is 1. The van der Waals surface area contributed by atoms with Crippen molar-refractivity contribution in [2.75, 3.05) is 16.8 Å². The van der Waals surface area contributed by atoms with Gasteiger partial charge in [-0.05, 0) is 44.9 Å². The van der Waals surface area contributed by atoms with E-state index in [0.29, 0.717) is 18.7 Å². The summed E-state index contributed by atoms with van der Waals surface area (Å²) < 4.78 is 12.1. The van der Waals surface area contributed by atoms with Crippen LogP contribution in [0.25, 0.3) is 0 Å². The highest BCUT2D eigenvalue weighted by Gasteiger charge is 2.51. The monoisotopic (exact) mass is 411 g/mol. The standard InChI is InChI=1S/C23H29N3O4/c1-15-20-21(30-20)26(14-16-7-5-4-6-8-16)18-10-9-17(13-19(18)29-15)24-22(28)25-23(2,3)11-12-27/h4-10,13,15,20-21,27H,11-12,14H2,1-3H3,(H2,24,25,28)/t15-,20?,21?/m1/s1. The first-order valence-electron chi connectivity index (χ1n) is 10.3. The lowest BCUT2D eigenvalue weighted by Gasteiger charge is -2.26. The quantitative estimate of drug-likeness (QED) is 0.634. The molecule has 2 amide bonds. The van der Waals surface area contributed by atoms with E-state index >= 15 is 0 Å². The Morgan fingerprint density at radius 3 is 2.70 bits per heavy atom. The summed E-state index contributed by atoms with van der Waals surface area (Å²) in [5.74, 6) is 0.724. The third-order valence-electron chi connectivity index (χ3n) is 5.50. The van der Waals surface area contributed by atoms with Gasteiger partial charge < -0.3 is 30.1 Å². The fourth-order valence-corrected chi connectivity index (χ4v) is 3.80. The minimum Gasteiger partial charge on any atom is -0.486 e. The number of hydrogen-bond acceptors (Lipinski definition) is 5. The number of carbonyl (C=O) groups excluding carboxylic acids is 1. The maximum Gasteiger partial charge on any atom is 0.319 e. The molecule has 2 aliphatic rings. The molecule has 0 saturated carbocycles. The molecular formula is C23H29N3O4. The predicted octanol–water partition coefficient (Wildman–Crippen LogP) is 3.48. The van der Waals surface area contributed by atoms with E-state index in [2.05, 4.69) is 27.7 Å². The number of carbonyl (C=O) groups is 1. The molecule has 0 bridgehead atoms. The Labute approximate surface area is 177 Å². The predicted molar refractivity (Wildman–Crippen MR) is 116 cm³/mol. The Morgan fingerprint density at radius 1 is 1.20 bits per heavy atom. The molecule has 3 atom stereocenters. The van der Waals surface area contributed by atoms with Crippen LogP contribution in [0.1, 0.15) is 32.8 Å². The van der Waals surface area contributed by atoms with E-state index in [1.807, 2.05) is 57.2 Å². The minimum atomic E-state index is -0.499. The zero-order chi connectivity index (χ0) is 21.3. The summed E-state index contributed by atoms with van der Waals surface area (Å²) in [5.41, 5.74) is 2.29. The molecule has 0 spiro atoms. The van der Waals surface area contributed by atoms with Gasteiger partial charge in [0, 0.05) is 30.4 Å². The number of nitrogens with one attached hydrogen (secondary N) is 2. The largest absolute Gasteiger partial charge is 0.486 e. The Bertz CT molecular complexity index is 903. The number of epoxide rings is 1. The summed E-state index contributed by atoms with van der Waals surface area (Å²) in [5, 5.41) is 14.9. The number of aliphatic hydroxyl groups excluding tert-OH is 1. The number of ether oxygens (including phenoxy) is 2. The van der Waals surface area contributed by atoms with Gasteiger partial charge in [0.05, 0.1) is 5.69 Å². The van der Waals surface area contributed by atoms with Gasteiger partial charge in [-0.3, -0.25) is 0 Å². The molecule has 1 fully saturated rings. The number of benzene rings is 2. The van der Waals surface area contributed by atoms with Crippen molar-refractivity contribution in [2.45, 2.75) is 57.7 Å². The molecule has 1 saturated heterocycles. The summed E-state index contributed by atoms with van der Waals surface area (Å²) in [6, 6.07) is 15.6. The average molecular weight is 412 g/mol. The lowest BCUT2D eigenvalue weighted by Crippen LogP contribution is -2.46. The molecule has 2 heterocycles. The molecule has 3 N–H and O–H groups in total. The fraction of sp³-hybridized carbons (Fsp3) is 0.435. The van der Waals surface area contributed by atoms with Gasteiger partial charge in [0.15, 0.2) is 6.23 Å². The van der Waals surface area contributed by atoms with Crippen molar-refractivity contribution in [2.24, 2.45) is 0 Å². The molecule has 7 nitrogen and oxygen atoms in total. The van der Waals surface area contributed by atoms with E-state index in [4.69, 9.17) is 14.6 Å². The fourth-order valence-electron chi connectivity index (χ4n) is 3.80. The van der Waals surface area contributed by atoms with Crippen LogP contribution in [0, 0.1) is 0 Å². The van der Waals surface area contributed by atoms with Crippen molar-refractivity contribution >= 4 is 17.4 Å². The first-order valence-corrected chi connectivity index (χ1v) is 10.3. The number of nitrogens with zero attached hydrogens (tertiary/aromatic N) is 1. The van der Waals surface area contributed by atoms with Gasteiger partial charge in [0.25, 0.3) is 0 Å². The van der Waals surface area contributed by atoms with Crippen LogP contribution in [0.2, 0.25) is 0 Å². The Balaban J connectivity index is 1.54. The lowest BCUT2D eigenvalue weighted by molar-refractivity contribution is 0.174. The van der Waals surface area contributed by atoms with Crippen molar-refractivity contribution in [3.8, 4) is 5.75 Å². The van der Waals surface area contributed by atoms with E-state index in [9.17, 15) is 4.79 Å². The van der Waals surface area contributed by atoms with E-state index in [-0.39, 0.29) is 31.1 Å². The van der Waals surface area contributed by atoms with Crippen LogP contribution in [0.5, 0.6) is 5.75 Å². The molecule has 2 aliphatic heterocycles. The maximum atomic E-state index is 12.4. The minimum absolute atomic E-state index is 0.0113. The van der Waals surface area contributed by atoms with Crippen molar-refractivity contribution in [1.29, 1.82) is 0 Å². The molecule has 2 unspecified atom stereocenters. The second-order valence-corrected chi connectivity index (χ2v) is 8.55. The average Bonchev–Trinajstić information content (AvgIpc) is 3.48. The molecule has 160 valence electrons. The molecule has 30 heavy (non-hydrogen) atoms. The lowest BCUT2D eigenvalue weighted by atomic mass is 10.0. The van der Waals surface area contributed by atoms with Gasteiger partial charge >= 0.3 is 6.03 Å². The van der Waals surface area contributed by atoms with Crippen LogP contribution in [-0.4, -0.2) is 41.7 Å². The third kappa shape index (κ3) is 4.52. The second-order valence-electron chi connectivity index (χ2n) is 8.55. The number of fused-ring (bicyclic) bond motifs is 2. The smallest absolute Gasteiger partial charge is 0.319 e. The van der Waals surface area contributed by atoms with Gasteiger partial charge in [-0.25, -0.2) is 4.79 Å². The molecule has 7 heteroatoms. The van der Waals surface area contributed by atoms with Gasteiger partial charge in [0.2, 0.25) is 0 Å². The van der Waals surface area contributed by atoms with Crippen LogP contribution < -0.4 is 20.3 Å². The summed E-state index contributed by atoms with van der Waals surface area (Å²) in [4.78, 5) is 14.6. The Hall–Kier alpha value is -2.77. The van der Waals surface area contributed by atoms with Crippen LogP contribution in [0.15, 0.2) is 48.5 Å². The number of amides is 2. The summed E-state index contributed by atoms with van der Waals surface area (Å²) in [6.07, 6.45) is 0.410. The molecule has 2 aromatic rings. The Morgan fingerprint density at radius 2 is 1.97 bits per heavy atom. The molecule has 0 aliphatic carbocycles. The summed E-state index contributed by atoms with van der Waals surface area (Å²) in [7, 11) is 0. The van der Waals surface area contributed by atoms with E-state index < -0.39 is 5.54 Å². The molecule has 0 radical (unpaired) electrons. The van der Waals surface area contributed by atoms with Crippen LogP contribution in [0.3, 0.4) is 0 Å². The maximum absolute atomic E-state index is 12.4. The zero-order valence-electron chi connectivity index (χ0n) is 17.6. The number of rotatable bonds is 6. The molecular weight excluding hydrogens is 382 g/mol. The normalized spacial score (nSPS) is 22.3. The van der Waals surface area contributed by atoms with Gasteiger partial charge in [-0.2, -0.15) is 0 Å². The van der Waals surface area contributed by atoms with Gasteiger partial charge in [-0.1, -0.05) is 30.3 Å². The number of aliphatic hydroxyl groups is 1. The summed E-state index contributed by atoms with van der Waals surface area (Å²) >= 11 is 0. The van der Waals surface area contributed by atoms with Gasteiger partial charge in [0.1, 0.15) is 18.0 Å². The molecule has 0 aromatic heterocycles. The third-order valence-corrected chi connectivity index (χ3v) is 5.50. The highest BCUT2D eigenvalue weighted by Crippen LogP contribution is 2.44. The van der Waals surface area contributed by atoms with Crippen LogP contribution in [-0.2, 0) is 11.3 Å². The second kappa shape index (κ2) is 8.16. The number of hydrogen-bond donors (Lipinski definition) is 3. The van der Waals surface area contributed by atoms with Crippen LogP contribution >= 0.6 is 0 Å². The molecule has 2 aromatic carbocycles. The highest BCUT2D eigenvalue weighted by molar-refractivity contribution is 5.90. The van der Waals surface area contributed by atoms with E-state index in [0.717, 1.165) is 11.4 Å².